The number of nitro benzene ring substituents is 1. The molecule has 4 nitrogen and oxygen atoms in total. The molecule has 2 rings (SSSR count). The van der Waals surface area contributed by atoms with Gasteiger partial charge in [0.2, 0.25) is 5.82 Å². The third-order valence-corrected chi connectivity index (χ3v) is 3.94. The standard InChI is InChI=1S/C14H15FN2O2S/c1-9(2)14(13-4-3-7-20-13)16-10-5-6-11(15)12(8-10)17(18)19/h3-9,14,16H,1-2H3. The van der Waals surface area contributed by atoms with Gasteiger partial charge < -0.3 is 5.32 Å². The first-order valence-corrected chi connectivity index (χ1v) is 7.11. The molecule has 1 aromatic heterocycles. The summed E-state index contributed by atoms with van der Waals surface area (Å²) in [6.45, 7) is 4.13. The maximum Gasteiger partial charge on any atom is 0.306 e. The van der Waals surface area contributed by atoms with Crippen LogP contribution in [0.1, 0.15) is 24.8 Å². The average molecular weight is 294 g/mol. The lowest BCUT2D eigenvalue weighted by molar-refractivity contribution is -0.387. The summed E-state index contributed by atoms with van der Waals surface area (Å²) >= 11 is 1.62. The third kappa shape index (κ3) is 3.14. The van der Waals surface area contributed by atoms with Gasteiger partial charge in [0.15, 0.2) is 0 Å². The molecule has 0 bridgehead atoms. The fourth-order valence-electron chi connectivity index (χ4n) is 1.96. The van der Waals surface area contributed by atoms with E-state index >= 15 is 0 Å². The Balaban J connectivity index is 2.28. The summed E-state index contributed by atoms with van der Waals surface area (Å²) in [4.78, 5) is 11.2. The van der Waals surface area contributed by atoms with Gasteiger partial charge >= 0.3 is 5.69 Å². The minimum atomic E-state index is -0.822. The minimum absolute atomic E-state index is 0.0417. The predicted molar refractivity (Wildman–Crippen MR) is 78.6 cm³/mol. The molecule has 1 atom stereocenters. The van der Waals surface area contributed by atoms with Crippen LogP contribution in [0.15, 0.2) is 35.7 Å². The first kappa shape index (κ1) is 14.5. The maximum absolute atomic E-state index is 13.3. The Morgan fingerprint density at radius 3 is 2.65 bits per heavy atom. The van der Waals surface area contributed by atoms with Crippen molar-refractivity contribution in [2.75, 3.05) is 5.32 Å². The number of halogens is 1. The second-order valence-electron chi connectivity index (χ2n) is 4.80. The summed E-state index contributed by atoms with van der Waals surface area (Å²) in [5.41, 5.74) is 0.0360. The van der Waals surface area contributed by atoms with Crippen LogP contribution in [0.5, 0.6) is 0 Å². The molecular weight excluding hydrogens is 279 g/mol. The number of nitrogens with zero attached hydrogens (tertiary/aromatic N) is 1. The lowest BCUT2D eigenvalue weighted by atomic mass is 10.0. The highest BCUT2D eigenvalue weighted by atomic mass is 32.1. The van der Waals surface area contributed by atoms with Crippen LogP contribution in [0.25, 0.3) is 0 Å². The van der Waals surface area contributed by atoms with Gasteiger partial charge in [0.1, 0.15) is 0 Å². The largest absolute Gasteiger partial charge is 0.377 e. The Morgan fingerprint density at radius 1 is 1.35 bits per heavy atom. The molecule has 1 unspecified atom stereocenters. The summed E-state index contributed by atoms with van der Waals surface area (Å²) in [5, 5.41) is 16.0. The highest BCUT2D eigenvalue weighted by Gasteiger charge is 2.19. The van der Waals surface area contributed by atoms with Crippen molar-refractivity contribution in [3.05, 3.63) is 56.5 Å². The summed E-state index contributed by atoms with van der Waals surface area (Å²) < 4.78 is 13.3. The lowest BCUT2D eigenvalue weighted by Crippen LogP contribution is -2.15. The molecule has 0 aliphatic heterocycles. The van der Waals surface area contributed by atoms with E-state index < -0.39 is 16.4 Å². The molecular formula is C14H15FN2O2S. The molecule has 0 saturated heterocycles. The summed E-state index contributed by atoms with van der Waals surface area (Å²) in [7, 11) is 0. The Morgan fingerprint density at radius 2 is 2.10 bits per heavy atom. The molecule has 0 amide bonds. The topological polar surface area (TPSA) is 55.2 Å². The third-order valence-electron chi connectivity index (χ3n) is 2.98. The predicted octanol–water partition coefficient (Wildman–Crippen LogP) is 4.60. The highest BCUT2D eigenvalue weighted by molar-refractivity contribution is 7.10. The van der Waals surface area contributed by atoms with Crippen molar-refractivity contribution >= 4 is 22.7 Å². The number of anilines is 1. The Bertz CT molecular complexity index is 599. The van der Waals surface area contributed by atoms with Gasteiger partial charge in [0.05, 0.1) is 11.0 Å². The van der Waals surface area contributed by atoms with Gasteiger partial charge in [-0.1, -0.05) is 19.9 Å². The van der Waals surface area contributed by atoms with Gasteiger partial charge in [-0.15, -0.1) is 11.3 Å². The van der Waals surface area contributed by atoms with E-state index in [1.54, 1.807) is 11.3 Å². The molecule has 106 valence electrons. The van der Waals surface area contributed by atoms with E-state index in [9.17, 15) is 14.5 Å². The van der Waals surface area contributed by atoms with Crippen LogP contribution in [0.4, 0.5) is 15.8 Å². The molecule has 2 aromatic rings. The van der Waals surface area contributed by atoms with E-state index in [0.29, 0.717) is 11.6 Å². The van der Waals surface area contributed by atoms with E-state index in [4.69, 9.17) is 0 Å². The van der Waals surface area contributed by atoms with Crippen LogP contribution in [-0.4, -0.2) is 4.92 Å². The zero-order valence-electron chi connectivity index (χ0n) is 11.2. The highest BCUT2D eigenvalue weighted by Crippen LogP contribution is 2.31. The molecule has 0 spiro atoms. The molecule has 0 aliphatic carbocycles. The average Bonchev–Trinajstić information content (AvgIpc) is 2.90. The number of nitrogens with one attached hydrogen (secondary N) is 1. The normalized spacial score (nSPS) is 12.4. The maximum atomic E-state index is 13.3. The molecule has 6 heteroatoms. The van der Waals surface area contributed by atoms with Gasteiger partial charge in [-0.25, -0.2) is 0 Å². The smallest absolute Gasteiger partial charge is 0.306 e. The fraction of sp³-hybridized carbons (Fsp3) is 0.286. The first-order chi connectivity index (χ1) is 9.49. The Labute approximate surface area is 120 Å². The number of hydrogen-bond donors (Lipinski definition) is 1. The number of benzene rings is 1. The van der Waals surface area contributed by atoms with Gasteiger partial charge in [-0.2, -0.15) is 4.39 Å². The second kappa shape index (κ2) is 6.00. The van der Waals surface area contributed by atoms with Crippen molar-refractivity contribution in [3.8, 4) is 0 Å². The molecule has 1 heterocycles. The summed E-state index contributed by atoms with van der Waals surface area (Å²) in [6.07, 6.45) is 0. The molecule has 0 radical (unpaired) electrons. The molecule has 20 heavy (non-hydrogen) atoms. The van der Waals surface area contributed by atoms with Gasteiger partial charge in [-0.3, -0.25) is 10.1 Å². The second-order valence-corrected chi connectivity index (χ2v) is 5.78. The SMILES string of the molecule is CC(C)C(Nc1ccc(F)c([N+](=O)[O-])c1)c1cccs1. The van der Waals surface area contributed by atoms with Gasteiger partial charge in [0.25, 0.3) is 0 Å². The van der Waals surface area contributed by atoms with E-state index in [2.05, 4.69) is 19.2 Å². The van der Waals surface area contributed by atoms with Crippen LogP contribution >= 0.6 is 11.3 Å². The zero-order chi connectivity index (χ0) is 14.7. The Hall–Kier alpha value is -1.95. The molecule has 0 fully saturated rings. The Kier molecular flexibility index (Phi) is 4.34. The number of rotatable bonds is 5. The van der Waals surface area contributed by atoms with Crippen molar-refractivity contribution in [2.24, 2.45) is 5.92 Å². The first-order valence-electron chi connectivity index (χ1n) is 6.23. The molecule has 1 aromatic carbocycles. The van der Waals surface area contributed by atoms with Gasteiger partial charge in [0, 0.05) is 16.6 Å². The van der Waals surface area contributed by atoms with E-state index in [-0.39, 0.29) is 6.04 Å². The monoisotopic (exact) mass is 294 g/mol. The van der Waals surface area contributed by atoms with Crippen molar-refractivity contribution in [3.63, 3.8) is 0 Å². The molecule has 0 saturated carbocycles. The van der Waals surface area contributed by atoms with E-state index in [1.807, 2.05) is 17.5 Å². The van der Waals surface area contributed by atoms with Crippen LogP contribution in [0.2, 0.25) is 0 Å². The molecule has 1 N–H and O–H groups in total. The molecule has 0 aliphatic rings. The quantitative estimate of drug-likeness (QED) is 0.647. The van der Waals surface area contributed by atoms with Crippen LogP contribution in [0, 0.1) is 21.8 Å². The summed E-state index contributed by atoms with van der Waals surface area (Å²) in [5.74, 6) is -0.518. The van der Waals surface area contributed by atoms with Crippen molar-refractivity contribution in [2.45, 2.75) is 19.9 Å². The minimum Gasteiger partial charge on any atom is -0.377 e. The zero-order valence-corrected chi connectivity index (χ0v) is 12.0. The van der Waals surface area contributed by atoms with Crippen LogP contribution < -0.4 is 5.32 Å². The summed E-state index contributed by atoms with van der Waals surface area (Å²) in [6, 6.07) is 7.89. The van der Waals surface area contributed by atoms with Crippen LogP contribution in [-0.2, 0) is 0 Å². The fourth-order valence-corrected chi connectivity index (χ4v) is 2.91. The van der Waals surface area contributed by atoms with Crippen molar-refractivity contribution < 1.29 is 9.31 Å². The number of nitro groups is 1. The number of hydrogen-bond acceptors (Lipinski definition) is 4. The van der Waals surface area contributed by atoms with E-state index in [1.165, 1.54) is 12.1 Å². The van der Waals surface area contributed by atoms with Crippen LogP contribution in [0.3, 0.4) is 0 Å². The van der Waals surface area contributed by atoms with Gasteiger partial charge in [-0.05, 0) is 29.5 Å². The number of thiophene rings is 1. The lowest BCUT2D eigenvalue weighted by Gasteiger charge is -2.22. The van der Waals surface area contributed by atoms with Crippen molar-refractivity contribution in [1.82, 2.24) is 0 Å². The van der Waals surface area contributed by atoms with Crippen molar-refractivity contribution in [1.29, 1.82) is 0 Å². The van der Waals surface area contributed by atoms with E-state index in [0.717, 1.165) is 10.9 Å².